The number of nitrogens with one attached hydrogen (secondary N) is 2. The van der Waals surface area contributed by atoms with Crippen LogP contribution in [0, 0.1) is 0 Å². The van der Waals surface area contributed by atoms with Gasteiger partial charge in [0, 0.05) is 19.6 Å². The Hall–Kier alpha value is -3.88. The predicted octanol–water partition coefficient (Wildman–Crippen LogP) is 3.43. The molecule has 3 N–H and O–H groups in total. The number of anilines is 2. The lowest BCUT2D eigenvalue weighted by Crippen LogP contribution is -2.30. The van der Waals surface area contributed by atoms with E-state index in [1.807, 2.05) is 4.90 Å². The number of carboxylic acid groups (broad SMARTS) is 1. The molecule has 2 aromatic heterocycles. The molecule has 0 atom stereocenters. The molecule has 3 heterocycles. The van der Waals surface area contributed by atoms with E-state index < -0.39 is 29.8 Å². The van der Waals surface area contributed by atoms with Gasteiger partial charge in [0.05, 0.1) is 23.0 Å². The third-order valence-electron chi connectivity index (χ3n) is 4.97. The van der Waals surface area contributed by atoms with Crippen molar-refractivity contribution in [2.45, 2.75) is 18.8 Å². The topological polar surface area (TPSA) is 112 Å². The second-order valence-corrected chi connectivity index (χ2v) is 7.50. The van der Waals surface area contributed by atoms with Crippen LogP contribution < -0.4 is 15.5 Å². The lowest BCUT2D eigenvalue weighted by atomic mass is 10.1. The molecule has 0 saturated carbocycles. The van der Waals surface area contributed by atoms with Gasteiger partial charge >= 0.3 is 18.3 Å². The highest BCUT2D eigenvalue weighted by Gasteiger charge is 2.38. The number of carboxylic acids is 1. The Balaban J connectivity index is 0.000000454. The number of aromatic nitrogens is 3. The van der Waals surface area contributed by atoms with Gasteiger partial charge in [0.2, 0.25) is 5.95 Å². The molecule has 1 amide bonds. The number of carbonyl (C=O) groups is 2. The number of aliphatic carboxylic acids is 1. The molecule has 4 rings (SSSR count). The fourth-order valence-electron chi connectivity index (χ4n) is 3.28. The summed E-state index contributed by atoms with van der Waals surface area (Å²) >= 11 is 0. The third kappa shape index (κ3) is 6.62. The van der Waals surface area contributed by atoms with Gasteiger partial charge in [0.25, 0.3) is 5.91 Å². The molecule has 0 aliphatic carbocycles. The van der Waals surface area contributed by atoms with E-state index in [1.54, 1.807) is 12.3 Å². The van der Waals surface area contributed by atoms with Gasteiger partial charge in [-0.05, 0) is 37.2 Å². The van der Waals surface area contributed by atoms with Crippen LogP contribution in [0.5, 0.6) is 0 Å². The second kappa shape index (κ2) is 10.8. The van der Waals surface area contributed by atoms with Gasteiger partial charge in [-0.1, -0.05) is 12.1 Å². The highest BCUT2D eigenvalue weighted by Crippen LogP contribution is 2.34. The maximum absolute atomic E-state index is 13.2. The number of carbonyl (C=O) groups excluding carboxylic acids is 1. The van der Waals surface area contributed by atoms with E-state index in [0.29, 0.717) is 11.5 Å². The molecule has 1 aliphatic rings. The molecule has 36 heavy (non-hydrogen) atoms. The molecule has 1 aromatic carbocycles. The molecule has 0 unspecified atom stereocenters. The molecular formula is C21H20F6N6O3. The van der Waals surface area contributed by atoms with E-state index >= 15 is 0 Å². The maximum atomic E-state index is 13.2. The van der Waals surface area contributed by atoms with E-state index in [9.17, 15) is 31.1 Å². The lowest BCUT2D eigenvalue weighted by Gasteiger charge is -2.19. The van der Waals surface area contributed by atoms with Gasteiger partial charge in [0.15, 0.2) is 0 Å². The van der Waals surface area contributed by atoms with Crippen molar-refractivity contribution >= 4 is 29.0 Å². The summed E-state index contributed by atoms with van der Waals surface area (Å²) in [5, 5.41) is 17.2. The van der Waals surface area contributed by atoms with E-state index in [1.165, 1.54) is 28.8 Å². The van der Waals surface area contributed by atoms with Crippen LogP contribution in [0.25, 0.3) is 5.52 Å². The maximum Gasteiger partial charge on any atom is 0.490 e. The zero-order chi connectivity index (χ0) is 26.5. The number of fused-ring (bicyclic) bond motifs is 1. The van der Waals surface area contributed by atoms with Crippen molar-refractivity contribution in [2.75, 3.05) is 36.4 Å². The van der Waals surface area contributed by atoms with Crippen molar-refractivity contribution < 1.29 is 41.0 Å². The van der Waals surface area contributed by atoms with E-state index in [-0.39, 0.29) is 11.4 Å². The number of hydrogen-bond donors (Lipinski definition) is 3. The molecular weight excluding hydrogens is 498 g/mol. The zero-order valence-corrected chi connectivity index (χ0v) is 18.4. The minimum Gasteiger partial charge on any atom is -0.475 e. The first-order valence-electron chi connectivity index (χ1n) is 10.5. The molecule has 194 valence electrons. The van der Waals surface area contributed by atoms with Gasteiger partial charge in [0.1, 0.15) is 5.69 Å². The molecule has 15 heteroatoms. The summed E-state index contributed by atoms with van der Waals surface area (Å²) in [5.74, 6) is -2.96. The van der Waals surface area contributed by atoms with Gasteiger partial charge < -0.3 is 20.6 Å². The number of amides is 1. The molecule has 1 saturated heterocycles. The summed E-state index contributed by atoms with van der Waals surface area (Å²) in [6.07, 6.45) is -7.11. The van der Waals surface area contributed by atoms with Crippen LogP contribution in [-0.4, -0.2) is 63.9 Å². The number of alkyl halides is 6. The summed E-state index contributed by atoms with van der Waals surface area (Å²) < 4.78 is 72.7. The summed E-state index contributed by atoms with van der Waals surface area (Å²) in [4.78, 5) is 28.0. The van der Waals surface area contributed by atoms with Gasteiger partial charge in [-0.25, -0.2) is 14.3 Å². The average Bonchev–Trinajstić information content (AvgIpc) is 3.03. The fraction of sp³-hybridized carbons (Fsp3) is 0.333. The largest absolute Gasteiger partial charge is 0.490 e. The minimum absolute atomic E-state index is 0.133. The normalized spacial score (nSPS) is 14.6. The Labute approximate surface area is 199 Å². The SMILES string of the molecule is O=C(Nc1ccccc1C(F)(F)F)c1ccc2cnc(N3CCCNCC3)nn12.O=C(O)C(F)(F)F. The van der Waals surface area contributed by atoms with Crippen LogP contribution in [0.4, 0.5) is 38.0 Å². The van der Waals surface area contributed by atoms with Crippen LogP contribution in [-0.2, 0) is 11.0 Å². The summed E-state index contributed by atoms with van der Waals surface area (Å²) in [6.45, 7) is 3.22. The van der Waals surface area contributed by atoms with Gasteiger partial charge in [-0.15, -0.1) is 5.10 Å². The van der Waals surface area contributed by atoms with Crippen molar-refractivity contribution in [3.63, 3.8) is 0 Å². The number of para-hydroxylation sites is 1. The first-order chi connectivity index (χ1) is 16.9. The second-order valence-electron chi connectivity index (χ2n) is 7.50. The van der Waals surface area contributed by atoms with Crippen LogP contribution in [0.15, 0.2) is 42.6 Å². The fourth-order valence-corrected chi connectivity index (χ4v) is 3.28. The molecule has 0 bridgehead atoms. The lowest BCUT2D eigenvalue weighted by molar-refractivity contribution is -0.192. The Morgan fingerprint density at radius 2 is 1.69 bits per heavy atom. The summed E-state index contributed by atoms with van der Waals surface area (Å²) in [7, 11) is 0. The van der Waals surface area contributed by atoms with Gasteiger partial charge in [-0.2, -0.15) is 26.3 Å². The average molecular weight is 518 g/mol. The Morgan fingerprint density at radius 1 is 1.00 bits per heavy atom. The van der Waals surface area contributed by atoms with Crippen molar-refractivity contribution in [2.24, 2.45) is 0 Å². The van der Waals surface area contributed by atoms with Crippen LogP contribution in [0.3, 0.4) is 0 Å². The third-order valence-corrected chi connectivity index (χ3v) is 4.97. The smallest absolute Gasteiger partial charge is 0.475 e. The van der Waals surface area contributed by atoms with Crippen molar-refractivity contribution in [3.05, 3.63) is 53.9 Å². The van der Waals surface area contributed by atoms with Crippen molar-refractivity contribution in [1.82, 2.24) is 19.9 Å². The first-order valence-corrected chi connectivity index (χ1v) is 10.5. The molecule has 1 aliphatic heterocycles. The Kier molecular flexibility index (Phi) is 8.02. The Bertz CT molecular complexity index is 1220. The molecule has 1 fully saturated rings. The zero-order valence-electron chi connectivity index (χ0n) is 18.4. The van der Waals surface area contributed by atoms with E-state index in [0.717, 1.165) is 38.7 Å². The first kappa shape index (κ1) is 26.7. The van der Waals surface area contributed by atoms with E-state index in [2.05, 4.69) is 20.7 Å². The van der Waals surface area contributed by atoms with Crippen LogP contribution in [0.2, 0.25) is 0 Å². The summed E-state index contributed by atoms with van der Waals surface area (Å²) in [5.41, 5.74) is -0.487. The monoisotopic (exact) mass is 518 g/mol. The van der Waals surface area contributed by atoms with Crippen molar-refractivity contribution in [3.8, 4) is 0 Å². The van der Waals surface area contributed by atoms with Crippen LogP contribution >= 0.6 is 0 Å². The minimum atomic E-state index is -5.08. The number of hydrogen-bond acceptors (Lipinski definition) is 6. The quantitative estimate of drug-likeness (QED) is 0.456. The van der Waals surface area contributed by atoms with Crippen molar-refractivity contribution in [1.29, 1.82) is 0 Å². The van der Waals surface area contributed by atoms with Crippen LogP contribution in [0.1, 0.15) is 22.5 Å². The molecule has 9 nitrogen and oxygen atoms in total. The number of halogens is 6. The number of nitrogens with zero attached hydrogens (tertiary/aromatic N) is 4. The molecule has 0 radical (unpaired) electrons. The Morgan fingerprint density at radius 3 is 2.36 bits per heavy atom. The van der Waals surface area contributed by atoms with E-state index in [4.69, 9.17) is 9.90 Å². The predicted molar refractivity (Wildman–Crippen MR) is 116 cm³/mol. The number of rotatable bonds is 3. The highest BCUT2D eigenvalue weighted by atomic mass is 19.4. The molecule has 3 aromatic rings. The highest BCUT2D eigenvalue weighted by molar-refractivity contribution is 6.04. The van der Waals surface area contributed by atoms with Gasteiger partial charge in [-0.3, -0.25) is 4.79 Å². The standard InChI is InChI=1S/C19H19F3N6O.C2HF3O2/c20-19(21,22)14-4-1-2-5-15(14)25-17(29)16-7-6-13-12-24-18(26-28(13)16)27-10-3-8-23-9-11-27;3-2(4,5)1(6)7/h1-2,4-7,12,23H,3,8-11H2,(H,25,29);(H,6,7). The summed E-state index contributed by atoms with van der Waals surface area (Å²) in [6, 6.07) is 8.04. The molecule has 0 spiro atoms. The number of benzene rings is 1.